The average molecular weight is 305 g/mol. The Bertz CT molecular complexity index is 643. The van der Waals surface area contributed by atoms with E-state index in [9.17, 15) is 9.90 Å². The van der Waals surface area contributed by atoms with Crippen LogP contribution >= 0.6 is 11.3 Å². The first-order valence-corrected chi connectivity index (χ1v) is 7.54. The highest BCUT2D eigenvalue weighted by Gasteiger charge is 2.21. The van der Waals surface area contributed by atoms with Gasteiger partial charge in [-0.1, -0.05) is 0 Å². The number of rotatable bonds is 5. The van der Waals surface area contributed by atoms with Crippen LogP contribution in [0.4, 0.5) is 0 Å². The summed E-state index contributed by atoms with van der Waals surface area (Å²) < 4.78 is 1.91. The Labute approximate surface area is 128 Å². The van der Waals surface area contributed by atoms with Crippen molar-refractivity contribution in [1.82, 2.24) is 14.9 Å². The van der Waals surface area contributed by atoms with Gasteiger partial charge < -0.3 is 15.0 Å². The summed E-state index contributed by atoms with van der Waals surface area (Å²) in [5.41, 5.74) is 1.64. The number of amides is 1. The lowest BCUT2D eigenvalue weighted by Gasteiger charge is -2.18. The predicted molar refractivity (Wildman–Crippen MR) is 83.9 cm³/mol. The first kappa shape index (κ1) is 15.5. The lowest BCUT2D eigenvalue weighted by molar-refractivity contribution is -0.118. The van der Waals surface area contributed by atoms with Crippen molar-refractivity contribution >= 4 is 23.3 Å². The third-order valence-electron chi connectivity index (χ3n) is 3.02. The maximum absolute atomic E-state index is 12.0. The topological polar surface area (TPSA) is 67.2 Å². The number of carbonyl (C=O) groups is 1. The molecule has 2 aromatic heterocycles. The Kier molecular flexibility index (Phi) is 4.93. The summed E-state index contributed by atoms with van der Waals surface area (Å²) in [5.74, 6) is -0.254. The zero-order chi connectivity index (χ0) is 15.4. The molecule has 0 aromatic carbocycles. The number of thiazole rings is 1. The first-order chi connectivity index (χ1) is 9.95. The minimum Gasteiger partial charge on any atom is -0.391 e. The molecular weight excluding hydrogens is 286 g/mol. The minimum absolute atomic E-state index is 0.254. The second-order valence-electron chi connectivity index (χ2n) is 4.96. The van der Waals surface area contributed by atoms with Gasteiger partial charge in [-0.3, -0.25) is 4.79 Å². The van der Waals surface area contributed by atoms with Crippen molar-refractivity contribution in [1.29, 1.82) is 0 Å². The molecule has 2 aromatic rings. The van der Waals surface area contributed by atoms with Crippen molar-refractivity contribution in [3.8, 4) is 0 Å². The number of aryl methyl sites for hydroxylation is 2. The van der Waals surface area contributed by atoms with Gasteiger partial charge in [-0.15, -0.1) is 11.3 Å². The summed E-state index contributed by atoms with van der Waals surface area (Å²) in [6.45, 7) is 3.53. The highest BCUT2D eigenvalue weighted by molar-refractivity contribution is 7.09. The van der Waals surface area contributed by atoms with Gasteiger partial charge in [0.1, 0.15) is 0 Å². The van der Waals surface area contributed by atoms with Gasteiger partial charge in [0, 0.05) is 30.9 Å². The third-order valence-corrected chi connectivity index (χ3v) is 3.81. The third kappa shape index (κ3) is 4.27. The van der Waals surface area contributed by atoms with Gasteiger partial charge in [0.2, 0.25) is 5.91 Å². The van der Waals surface area contributed by atoms with Gasteiger partial charge in [-0.25, -0.2) is 4.98 Å². The molecule has 2 heterocycles. The lowest BCUT2D eigenvalue weighted by atomic mass is 10.1. The van der Waals surface area contributed by atoms with E-state index in [-0.39, 0.29) is 5.91 Å². The summed E-state index contributed by atoms with van der Waals surface area (Å²) in [6, 6.07) is 1.42. The first-order valence-electron chi connectivity index (χ1n) is 6.66. The van der Waals surface area contributed by atoms with Crippen LogP contribution in [0.15, 0.2) is 29.9 Å². The Morgan fingerprint density at radius 2 is 2.33 bits per heavy atom. The van der Waals surface area contributed by atoms with E-state index in [1.165, 1.54) is 17.4 Å². The largest absolute Gasteiger partial charge is 0.391 e. The van der Waals surface area contributed by atoms with Crippen molar-refractivity contribution in [3.63, 3.8) is 0 Å². The number of aliphatic hydroxyl groups is 1. The molecule has 0 aliphatic carbocycles. The van der Waals surface area contributed by atoms with Gasteiger partial charge in [0.15, 0.2) is 0 Å². The lowest BCUT2D eigenvalue weighted by Crippen LogP contribution is -2.34. The fraction of sp³-hybridized carbons (Fsp3) is 0.333. The monoisotopic (exact) mass is 305 g/mol. The molecule has 0 radical (unpaired) electrons. The van der Waals surface area contributed by atoms with Crippen LogP contribution in [0.2, 0.25) is 0 Å². The Morgan fingerprint density at radius 3 is 2.86 bits per heavy atom. The minimum atomic E-state index is -0.708. The zero-order valence-electron chi connectivity index (χ0n) is 12.3. The van der Waals surface area contributed by atoms with E-state index in [0.717, 1.165) is 10.6 Å². The Balaban J connectivity index is 2.03. The average Bonchev–Trinajstić information content (AvgIpc) is 3.02. The molecule has 0 fully saturated rings. The summed E-state index contributed by atoms with van der Waals surface area (Å²) in [4.78, 5) is 16.3. The van der Waals surface area contributed by atoms with E-state index in [0.29, 0.717) is 5.69 Å². The molecule has 2 unspecified atom stereocenters. The van der Waals surface area contributed by atoms with Gasteiger partial charge in [-0.05, 0) is 31.6 Å². The van der Waals surface area contributed by atoms with Crippen LogP contribution in [0.3, 0.4) is 0 Å². The zero-order valence-corrected chi connectivity index (χ0v) is 13.1. The van der Waals surface area contributed by atoms with Crippen molar-refractivity contribution in [3.05, 3.63) is 46.2 Å². The maximum Gasteiger partial charge on any atom is 0.244 e. The number of aliphatic hydroxyl groups excluding tert-OH is 1. The molecule has 2 N–H and O–H groups in total. The van der Waals surface area contributed by atoms with Crippen molar-refractivity contribution < 1.29 is 9.90 Å². The highest BCUT2D eigenvalue weighted by atomic mass is 32.1. The van der Waals surface area contributed by atoms with Gasteiger partial charge in [-0.2, -0.15) is 0 Å². The maximum atomic E-state index is 12.0. The molecule has 1 amide bonds. The van der Waals surface area contributed by atoms with Crippen LogP contribution in [-0.4, -0.2) is 26.7 Å². The molecule has 0 spiro atoms. The number of carbonyl (C=O) groups excluding carboxylic acids is 1. The molecule has 112 valence electrons. The van der Waals surface area contributed by atoms with Crippen molar-refractivity contribution in [2.45, 2.75) is 26.0 Å². The fourth-order valence-electron chi connectivity index (χ4n) is 1.96. The number of nitrogens with one attached hydrogen (secondary N) is 1. The molecule has 0 bridgehead atoms. The summed E-state index contributed by atoms with van der Waals surface area (Å²) in [6.07, 6.45) is 6.32. The number of hydrogen-bond donors (Lipinski definition) is 2. The predicted octanol–water partition coefficient (Wildman–Crippen LogP) is 2.04. The number of hydrogen-bond acceptors (Lipinski definition) is 4. The molecule has 0 aliphatic heterocycles. The van der Waals surface area contributed by atoms with E-state index in [2.05, 4.69) is 10.3 Å². The highest BCUT2D eigenvalue weighted by Crippen LogP contribution is 2.19. The van der Waals surface area contributed by atoms with Gasteiger partial charge in [0.25, 0.3) is 0 Å². The summed E-state index contributed by atoms with van der Waals surface area (Å²) >= 11 is 1.50. The van der Waals surface area contributed by atoms with E-state index in [4.69, 9.17) is 0 Å². The molecule has 21 heavy (non-hydrogen) atoms. The van der Waals surface area contributed by atoms with Crippen molar-refractivity contribution in [2.75, 3.05) is 0 Å². The second-order valence-corrected chi connectivity index (χ2v) is 6.02. The van der Waals surface area contributed by atoms with Crippen LogP contribution in [0.1, 0.15) is 29.2 Å². The van der Waals surface area contributed by atoms with E-state index >= 15 is 0 Å². The second kappa shape index (κ2) is 6.69. The van der Waals surface area contributed by atoms with Gasteiger partial charge in [0.05, 0.1) is 22.8 Å². The van der Waals surface area contributed by atoms with E-state index in [1.807, 2.05) is 42.4 Å². The van der Waals surface area contributed by atoms with Crippen LogP contribution in [-0.2, 0) is 11.8 Å². The molecule has 0 saturated heterocycles. The van der Waals surface area contributed by atoms with Crippen LogP contribution in [0, 0.1) is 6.92 Å². The van der Waals surface area contributed by atoms with Crippen LogP contribution in [0.25, 0.3) is 6.08 Å². The smallest absolute Gasteiger partial charge is 0.244 e. The molecule has 6 heteroatoms. The summed E-state index contributed by atoms with van der Waals surface area (Å²) in [5, 5.41) is 15.4. The number of aromatic nitrogens is 2. The summed E-state index contributed by atoms with van der Waals surface area (Å²) in [7, 11) is 1.92. The molecule has 0 aliphatic rings. The number of nitrogens with zero attached hydrogens (tertiary/aromatic N) is 2. The molecule has 0 saturated carbocycles. The molecule has 2 atom stereocenters. The van der Waals surface area contributed by atoms with Crippen LogP contribution < -0.4 is 5.32 Å². The molecular formula is C15H19N3O2S. The van der Waals surface area contributed by atoms with Crippen molar-refractivity contribution in [2.24, 2.45) is 7.05 Å². The van der Waals surface area contributed by atoms with Gasteiger partial charge >= 0.3 is 0 Å². The molecule has 5 nitrogen and oxygen atoms in total. The Morgan fingerprint density at radius 1 is 1.57 bits per heavy atom. The van der Waals surface area contributed by atoms with E-state index in [1.54, 1.807) is 13.0 Å². The van der Waals surface area contributed by atoms with E-state index < -0.39 is 12.1 Å². The Hall–Kier alpha value is -1.92. The fourth-order valence-corrected chi connectivity index (χ4v) is 2.61. The van der Waals surface area contributed by atoms with Crippen LogP contribution in [0.5, 0.6) is 0 Å². The SMILES string of the molecule is Cc1nc(C(NC(=O)/C=C/c2ccn(C)c2)C(C)O)cs1. The molecule has 2 rings (SSSR count). The normalized spacial score (nSPS) is 14.3. The standard InChI is InChI=1S/C15H19N3O2S/c1-10(19)15(13-9-21-11(2)16-13)17-14(20)5-4-12-6-7-18(3)8-12/h4-10,15,19H,1-3H3,(H,17,20)/b5-4+. The quantitative estimate of drug-likeness (QED) is 0.831.